The van der Waals surface area contributed by atoms with Gasteiger partial charge in [-0.25, -0.2) is 0 Å². The van der Waals surface area contributed by atoms with Crippen molar-refractivity contribution >= 4 is 0 Å². The van der Waals surface area contributed by atoms with E-state index in [0.29, 0.717) is 6.04 Å². The van der Waals surface area contributed by atoms with Gasteiger partial charge in [-0.3, -0.25) is 4.90 Å². The average Bonchev–Trinajstić information content (AvgIpc) is 2.80. The van der Waals surface area contributed by atoms with Gasteiger partial charge in [0, 0.05) is 25.7 Å². The molecule has 3 heteroatoms. The fraction of sp³-hybridized carbons (Fsp3) is 1.00. The van der Waals surface area contributed by atoms with Gasteiger partial charge in [-0.15, -0.1) is 0 Å². The Kier molecular flexibility index (Phi) is 3.79. The maximum absolute atomic E-state index is 5.26. The topological polar surface area (TPSA) is 24.5 Å². The summed E-state index contributed by atoms with van der Waals surface area (Å²) in [5.41, 5.74) is 0. The summed E-state index contributed by atoms with van der Waals surface area (Å²) in [6.07, 6.45) is 5.38. The molecule has 0 aromatic heterocycles. The fourth-order valence-electron chi connectivity index (χ4n) is 2.71. The first-order valence-electron chi connectivity index (χ1n) is 5.86. The quantitative estimate of drug-likeness (QED) is 0.725. The van der Waals surface area contributed by atoms with E-state index in [2.05, 4.69) is 10.2 Å². The van der Waals surface area contributed by atoms with Crippen LogP contribution in [0.1, 0.15) is 25.7 Å². The molecule has 82 valence electrons. The Morgan fingerprint density at radius 1 is 1.36 bits per heavy atom. The summed E-state index contributed by atoms with van der Waals surface area (Å²) < 4.78 is 5.26. The van der Waals surface area contributed by atoms with Gasteiger partial charge in [0.2, 0.25) is 0 Å². The van der Waals surface area contributed by atoms with Gasteiger partial charge in [0.05, 0.1) is 6.61 Å². The van der Waals surface area contributed by atoms with Crippen molar-refractivity contribution in [1.29, 1.82) is 0 Å². The van der Waals surface area contributed by atoms with Gasteiger partial charge < -0.3 is 10.1 Å². The van der Waals surface area contributed by atoms with Crippen LogP contribution in [0.2, 0.25) is 0 Å². The van der Waals surface area contributed by atoms with E-state index in [0.717, 1.165) is 12.6 Å². The van der Waals surface area contributed by atoms with Crippen molar-refractivity contribution in [2.45, 2.75) is 37.8 Å². The minimum Gasteiger partial charge on any atom is -0.383 e. The molecule has 2 rings (SSSR count). The fourth-order valence-corrected chi connectivity index (χ4v) is 2.71. The van der Waals surface area contributed by atoms with Crippen LogP contribution in [0.25, 0.3) is 0 Å². The molecule has 0 spiro atoms. The molecule has 2 heterocycles. The second kappa shape index (κ2) is 5.10. The average molecular weight is 198 g/mol. The number of likely N-dealkylation sites (tertiary alicyclic amines) is 1. The van der Waals surface area contributed by atoms with E-state index >= 15 is 0 Å². The van der Waals surface area contributed by atoms with Crippen LogP contribution < -0.4 is 5.32 Å². The Bertz CT molecular complexity index is 169. The molecule has 2 unspecified atom stereocenters. The summed E-state index contributed by atoms with van der Waals surface area (Å²) >= 11 is 0. The lowest BCUT2D eigenvalue weighted by Gasteiger charge is -2.26. The Morgan fingerprint density at radius 3 is 3.00 bits per heavy atom. The summed E-state index contributed by atoms with van der Waals surface area (Å²) in [4.78, 5) is 2.60. The highest BCUT2D eigenvalue weighted by molar-refractivity contribution is 4.85. The van der Waals surface area contributed by atoms with Crippen molar-refractivity contribution in [1.82, 2.24) is 10.2 Å². The molecule has 2 aliphatic rings. The van der Waals surface area contributed by atoms with Crippen LogP contribution >= 0.6 is 0 Å². The standard InChI is InChI=1S/C11H22N2O/c1-14-9-11-5-3-7-13(11)8-10-4-2-6-12-10/h10-12H,2-9H2,1H3. The predicted octanol–water partition coefficient (Wildman–Crippen LogP) is 0.849. The Balaban J connectivity index is 1.77. The number of rotatable bonds is 4. The predicted molar refractivity (Wildman–Crippen MR) is 57.5 cm³/mol. The number of nitrogens with one attached hydrogen (secondary N) is 1. The molecule has 0 aromatic carbocycles. The minimum atomic E-state index is 0.683. The first kappa shape index (κ1) is 10.4. The lowest BCUT2D eigenvalue weighted by atomic mass is 10.2. The Labute approximate surface area is 86.8 Å². The van der Waals surface area contributed by atoms with Gasteiger partial charge in [-0.1, -0.05) is 0 Å². The maximum atomic E-state index is 5.26. The summed E-state index contributed by atoms with van der Waals surface area (Å²) in [7, 11) is 1.81. The summed E-state index contributed by atoms with van der Waals surface area (Å²) in [5, 5.41) is 3.56. The van der Waals surface area contributed by atoms with Gasteiger partial charge in [0.25, 0.3) is 0 Å². The first-order chi connectivity index (χ1) is 6.90. The van der Waals surface area contributed by atoms with Crippen molar-refractivity contribution in [2.75, 3.05) is 33.4 Å². The number of nitrogens with zero attached hydrogens (tertiary/aromatic N) is 1. The third kappa shape index (κ3) is 2.47. The highest BCUT2D eigenvalue weighted by atomic mass is 16.5. The normalized spacial score (nSPS) is 34.1. The lowest BCUT2D eigenvalue weighted by molar-refractivity contribution is 0.110. The number of methoxy groups -OCH3 is 1. The van der Waals surface area contributed by atoms with E-state index < -0.39 is 0 Å². The van der Waals surface area contributed by atoms with E-state index in [4.69, 9.17) is 4.74 Å². The van der Waals surface area contributed by atoms with E-state index in [9.17, 15) is 0 Å². The molecule has 0 saturated carbocycles. The molecule has 0 aromatic rings. The molecule has 2 saturated heterocycles. The zero-order valence-electron chi connectivity index (χ0n) is 9.17. The van der Waals surface area contributed by atoms with Gasteiger partial charge in [0.15, 0.2) is 0 Å². The highest BCUT2D eigenvalue weighted by Crippen LogP contribution is 2.19. The third-order valence-corrected chi connectivity index (χ3v) is 3.48. The van der Waals surface area contributed by atoms with Crippen molar-refractivity contribution in [3.63, 3.8) is 0 Å². The second-order valence-electron chi connectivity index (χ2n) is 4.54. The second-order valence-corrected chi connectivity index (χ2v) is 4.54. The number of ether oxygens (including phenoxy) is 1. The number of hydrogen-bond acceptors (Lipinski definition) is 3. The summed E-state index contributed by atoms with van der Waals surface area (Å²) in [6, 6.07) is 1.43. The van der Waals surface area contributed by atoms with Crippen molar-refractivity contribution in [3.05, 3.63) is 0 Å². The minimum absolute atomic E-state index is 0.683. The van der Waals surface area contributed by atoms with Gasteiger partial charge in [-0.2, -0.15) is 0 Å². The number of hydrogen-bond donors (Lipinski definition) is 1. The first-order valence-corrected chi connectivity index (χ1v) is 5.86. The molecule has 0 radical (unpaired) electrons. The molecule has 1 N–H and O–H groups in total. The van der Waals surface area contributed by atoms with Crippen LogP contribution in [-0.4, -0.2) is 50.3 Å². The maximum Gasteiger partial charge on any atom is 0.0618 e. The Morgan fingerprint density at radius 2 is 2.29 bits per heavy atom. The van der Waals surface area contributed by atoms with Crippen LogP contribution in [0.5, 0.6) is 0 Å². The molecule has 0 aliphatic carbocycles. The summed E-state index contributed by atoms with van der Waals surface area (Å²) in [6.45, 7) is 4.63. The van der Waals surface area contributed by atoms with Crippen LogP contribution in [0, 0.1) is 0 Å². The van der Waals surface area contributed by atoms with E-state index in [-0.39, 0.29) is 0 Å². The van der Waals surface area contributed by atoms with Crippen LogP contribution in [0.15, 0.2) is 0 Å². The molecule has 14 heavy (non-hydrogen) atoms. The molecule has 2 fully saturated rings. The van der Waals surface area contributed by atoms with Gasteiger partial charge >= 0.3 is 0 Å². The third-order valence-electron chi connectivity index (χ3n) is 3.48. The largest absolute Gasteiger partial charge is 0.383 e. The highest BCUT2D eigenvalue weighted by Gasteiger charge is 2.27. The smallest absolute Gasteiger partial charge is 0.0618 e. The molecule has 0 bridgehead atoms. The molecule has 3 nitrogen and oxygen atoms in total. The van der Waals surface area contributed by atoms with Crippen LogP contribution in [0.3, 0.4) is 0 Å². The molecular formula is C11H22N2O. The zero-order valence-corrected chi connectivity index (χ0v) is 9.17. The molecule has 2 atom stereocenters. The van der Waals surface area contributed by atoms with E-state index in [1.54, 1.807) is 0 Å². The van der Waals surface area contributed by atoms with Gasteiger partial charge in [0.1, 0.15) is 0 Å². The van der Waals surface area contributed by atoms with Crippen molar-refractivity contribution in [2.24, 2.45) is 0 Å². The van der Waals surface area contributed by atoms with Crippen LogP contribution in [-0.2, 0) is 4.74 Å². The lowest BCUT2D eigenvalue weighted by Crippen LogP contribution is -2.41. The van der Waals surface area contributed by atoms with Crippen LogP contribution in [0.4, 0.5) is 0 Å². The molecule has 0 amide bonds. The van der Waals surface area contributed by atoms with Crippen molar-refractivity contribution in [3.8, 4) is 0 Å². The van der Waals surface area contributed by atoms with E-state index in [1.807, 2.05) is 7.11 Å². The van der Waals surface area contributed by atoms with Gasteiger partial charge in [-0.05, 0) is 38.8 Å². The van der Waals surface area contributed by atoms with Crippen molar-refractivity contribution < 1.29 is 4.74 Å². The monoisotopic (exact) mass is 198 g/mol. The Hall–Kier alpha value is -0.120. The van der Waals surface area contributed by atoms with E-state index in [1.165, 1.54) is 45.3 Å². The molecule has 2 aliphatic heterocycles. The summed E-state index contributed by atoms with van der Waals surface area (Å²) in [5.74, 6) is 0. The molecular weight excluding hydrogens is 176 g/mol. The SMILES string of the molecule is COCC1CCCN1CC1CCCN1. The zero-order chi connectivity index (χ0) is 9.80.